The lowest BCUT2D eigenvalue weighted by Gasteiger charge is -2.25. The van der Waals surface area contributed by atoms with Gasteiger partial charge in [0.05, 0.1) is 12.6 Å². The van der Waals surface area contributed by atoms with Gasteiger partial charge in [0.15, 0.2) is 0 Å². The molecule has 0 spiro atoms. The molecule has 0 aliphatic heterocycles. The van der Waals surface area contributed by atoms with Crippen molar-refractivity contribution in [3.8, 4) is 0 Å². The molecule has 106 valence electrons. The minimum atomic E-state index is -0.0204. The van der Waals surface area contributed by atoms with Crippen molar-refractivity contribution < 1.29 is 5.11 Å². The van der Waals surface area contributed by atoms with E-state index in [2.05, 4.69) is 48.6 Å². The van der Waals surface area contributed by atoms with Crippen LogP contribution in [0.25, 0.3) is 0 Å². The highest BCUT2D eigenvalue weighted by Crippen LogP contribution is 2.23. The highest BCUT2D eigenvalue weighted by molar-refractivity contribution is 5.22. The van der Waals surface area contributed by atoms with Crippen LogP contribution in [0.15, 0.2) is 60.7 Å². The summed E-state index contributed by atoms with van der Waals surface area (Å²) in [4.78, 5) is 0. The van der Waals surface area contributed by atoms with Crippen LogP contribution < -0.4 is 5.32 Å². The number of aliphatic hydroxyl groups is 1. The lowest BCUT2D eigenvalue weighted by Crippen LogP contribution is -2.29. The van der Waals surface area contributed by atoms with E-state index in [0.717, 1.165) is 18.4 Å². The normalized spacial score (nSPS) is 13.9. The predicted octanol–water partition coefficient (Wildman–Crippen LogP) is 3.85. The zero-order valence-electron chi connectivity index (χ0n) is 12.0. The first-order valence-corrected chi connectivity index (χ1v) is 7.32. The average Bonchev–Trinajstić information content (AvgIpc) is 2.53. The van der Waals surface area contributed by atoms with E-state index in [-0.39, 0.29) is 18.7 Å². The van der Waals surface area contributed by atoms with Crippen molar-refractivity contribution in [3.63, 3.8) is 0 Å². The third-order valence-corrected chi connectivity index (χ3v) is 3.57. The third-order valence-electron chi connectivity index (χ3n) is 3.57. The van der Waals surface area contributed by atoms with Gasteiger partial charge in [-0.3, -0.25) is 0 Å². The molecule has 2 heteroatoms. The monoisotopic (exact) mass is 269 g/mol. The second kappa shape index (κ2) is 7.83. The Kier molecular flexibility index (Phi) is 5.78. The van der Waals surface area contributed by atoms with Gasteiger partial charge in [0.25, 0.3) is 0 Å². The average molecular weight is 269 g/mol. The molecule has 0 saturated heterocycles. The van der Waals surface area contributed by atoms with E-state index in [1.807, 2.05) is 24.3 Å². The summed E-state index contributed by atoms with van der Waals surface area (Å²) < 4.78 is 0. The first-order valence-electron chi connectivity index (χ1n) is 7.32. The Balaban J connectivity index is 2.14. The van der Waals surface area contributed by atoms with E-state index >= 15 is 0 Å². The fourth-order valence-electron chi connectivity index (χ4n) is 2.50. The lowest BCUT2D eigenvalue weighted by atomic mass is 9.99. The summed E-state index contributed by atoms with van der Waals surface area (Å²) in [6.07, 6.45) is 2.17. The van der Waals surface area contributed by atoms with Crippen molar-refractivity contribution in [1.29, 1.82) is 0 Å². The van der Waals surface area contributed by atoms with E-state index in [9.17, 15) is 5.11 Å². The van der Waals surface area contributed by atoms with E-state index in [1.54, 1.807) is 0 Å². The van der Waals surface area contributed by atoms with E-state index in [0.29, 0.717) is 0 Å². The largest absolute Gasteiger partial charge is 0.394 e. The molecule has 2 nitrogen and oxygen atoms in total. The number of benzene rings is 2. The highest BCUT2D eigenvalue weighted by atomic mass is 16.3. The van der Waals surface area contributed by atoms with Crippen LogP contribution in [0, 0.1) is 0 Å². The Morgan fingerprint density at radius 3 is 1.80 bits per heavy atom. The molecule has 0 aromatic heterocycles. The zero-order valence-corrected chi connectivity index (χ0v) is 12.0. The minimum absolute atomic E-state index is 0.0204. The highest BCUT2D eigenvalue weighted by Gasteiger charge is 2.16. The molecule has 2 rings (SSSR count). The van der Waals surface area contributed by atoms with Crippen LogP contribution in [0.3, 0.4) is 0 Å². The lowest BCUT2D eigenvalue weighted by molar-refractivity contribution is 0.230. The van der Waals surface area contributed by atoms with Gasteiger partial charge < -0.3 is 10.4 Å². The Hall–Kier alpha value is -1.64. The smallest absolute Gasteiger partial charge is 0.0626 e. The molecule has 0 amide bonds. The molecule has 0 heterocycles. The van der Waals surface area contributed by atoms with Gasteiger partial charge in [-0.05, 0) is 17.5 Å². The fraction of sp³-hybridized carbons (Fsp3) is 0.333. The van der Waals surface area contributed by atoms with Crippen LogP contribution >= 0.6 is 0 Å². The number of hydrogen-bond acceptors (Lipinski definition) is 2. The zero-order chi connectivity index (χ0) is 14.2. The summed E-state index contributed by atoms with van der Waals surface area (Å²) in [7, 11) is 0. The SMILES string of the molecule is CCCC(N[C@H](CO)c1ccccc1)c1ccccc1. The maximum atomic E-state index is 9.68. The molecule has 0 aliphatic carbocycles. The number of rotatable bonds is 7. The molecule has 2 atom stereocenters. The molecule has 20 heavy (non-hydrogen) atoms. The molecule has 0 aliphatic rings. The first kappa shape index (κ1) is 14.8. The van der Waals surface area contributed by atoms with E-state index in [4.69, 9.17) is 0 Å². The van der Waals surface area contributed by atoms with Gasteiger partial charge in [0, 0.05) is 6.04 Å². The van der Waals surface area contributed by atoms with Crippen LogP contribution in [0.5, 0.6) is 0 Å². The van der Waals surface area contributed by atoms with Crippen LogP contribution in [0.2, 0.25) is 0 Å². The molecule has 2 N–H and O–H groups in total. The first-order chi connectivity index (χ1) is 9.85. The Labute approximate surface area is 121 Å². The Morgan fingerprint density at radius 2 is 1.35 bits per heavy atom. The van der Waals surface area contributed by atoms with Gasteiger partial charge in [-0.2, -0.15) is 0 Å². The summed E-state index contributed by atoms with van der Waals surface area (Å²) in [5, 5.41) is 13.3. The van der Waals surface area contributed by atoms with Gasteiger partial charge in [-0.15, -0.1) is 0 Å². The Bertz CT molecular complexity index is 483. The second-order valence-electron chi connectivity index (χ2n) is 5.06. The summed E-state index contributed by atoms with van der Waals surface area (Å²) in [6, 6.07) is 20.8. The number of hydrogen-bond donors (Lipinski definition) is 2. The van der Waals surface area contributed by atoms with Crippen LogP contribution in [-0.4, -0.2) is 11.7 Å². The van der Waals surface area contributed by atoms with Crippen molar-refractivity contribution in [3.05, 3.63) is 71.8 Å². The third kappa shape index (κ3) is 3.92. The number of nitrogens with one attached hydrogen (secondary N) is 1. The van der Waals surface area contributed by atoms with Gasteiger partial charge in [0.2, 0.25) is 0 Å². The standard InChI is InChI=1S/C18H23NO/c1-2-9-17(15-10-5-3-6-11-15)19-18(14-20)16-12-7-4-8-13-16/h3-8,10-13,17-20H,2,9,14H2,1H3/t17?,18-/m1/s1. The van der Waals surface area contributed by atoms with E-state index in [1.165, 1.54) is 5.56 Å². The Morgan fingerprint density at radius 1 is 0.850 bits per heavy atom. The van der Waals surface area contributed by atoms with Crippen LogP contribution in [0.4, 0.5) is 0 Å². The maximum Gasteiger partial charge on any atom is 0.0626 e. The minimum Gasteiger partial charge on any atom is -0.394 e. The van der Waals surface area contributed by atoms with Gasteiger partial charge in [-0.1, -0.05) is 74.0 Å². The van der Waals surface area contributed by atoms with Crippen molar-refractivity contribution >= 4 is 0 Å². The quantitative estimate of drug-likeness (QED) is 0.800. The van der Waals surface area contributed by atoms with E-state index < -0.39 is 0 Å². The molecule has 0 saturated carbocycles. The molecule has 2 aromatic carbocycles. The van der Waals surface area contributed by atoms with Gasteiger partial charge >= 0.3 is 0 Å². The summed E-state index contributed by atoms with van der Waals surface area (Å²) >= 11 is 0. The molecular formula is C18H23NO. The topological polar surface area (TPSA) is 32.3 Å². The maximum absolute atomic E-state index is 9.68. The molecule has 2 aromatic rings. The molecule has 0 fully saturated rings. The van der Waals surface area contributed by atoms with Gasteiger partial charge in [-0.25, -0.2) is 0 Å². The predicted molar refractivity (Wildman–Crippen MR) is 83.5 cm³/mol. The summed E-state index contributed by atoms with van der Waals surface area (Å²) in [6.45, 7) is 2.30. The summed E-state index contributed by atoms with van der Waals surface area (Å²) in [5.74, 6) is 0. The van der Waals surface area contributed by atoms with Crippen molar-refractivity contribution in [2.75, 3.05) is 6.61 Å². The molecule has 0 bridgehead atoms. The molecule has 0 radical (unpaired) electrons. The molecule has 1 unspecified atom stereocenters. The van der Waals surface area contributed by atoms with Crippen molar-refractivity contribution in [2.45, 2.75) is 31.8 Å². The van der Waals surface area contributed by atoms with Gasteiger partial charge in [0.1, 0.15) is 0 Å². The molecular weight excluding hydrogens is 246 g/mol. The fourth-order valence-corrected chi connectivity index (χ4v) is 2.50. The second-order valence-corrected chi connectivity index (χ2v) is 5.06. The van der Waals surface area contributed by atoms with Crippen LogP contribution in [0.1, 0.15) is 43.0 Å². The summed E-state index contributed by atoms with van der Waals surface area (Å²) in [5.41, 5.74) is 2.41. The van der Waals surface area contributed by atoms with Crippen molar-refractivity contribution in [1.82, 2.24) is 5.32 Å². The van der Waals surface area contributed by atoms with Crippen molar-refractivity contribution in [2.24, 2.45) is 0 Å². The number of aliphatic hydroxyl groups excluding tert-OH is 1. The van der Waals surface area contributed by atoms with Crippen LogP contribution in [-0.2, 0) is 0 Å².